The average molecular weight is 325 g/mol. The van der Waals surface area contributed by atoms with Gasteiger partial charge >= 0.3 is 0 Å². The van der Waals surface area contributed by atoms with Crippen LogP contribution in [-0.4, -0.2) is 15.7 Å². The zero-order valence-corrected chi connectivity index (χ0v) is 13.3. The molecule has 1 amide bonds. The van der Waals surface area contributed by atoms with Gasteiger partial charge in [-0.15, -0.1) is 11.3 Å². The number of carbonyl (C=O) groups is 1. The number of hydrogen-bond acceptors (Lipinski definition) is 4. The smallest absolute Gasteiger partial charge is 0.267 e. The number of aromatic nitrogens is 2. The van der Waals surface area contributed by atoms with Crippen LogP contribution >= 0.6 is 11.3 Å². The van der Waals surface area contributed by atoms with Crippen molar-refractivity contribution in [2.45, 2.75) is 13.5 Å². The van der Waals surface area contributed by atoms with Gasteiger partial charge in [0, 0.05) is 11.8 Å². The Morgan fingerprint density at radius 2 is 2.09 bits per heavy atom. The number of thiophene rings is 1. The Kier molecular flexibility index (Phi) is 4.34. The number of anilines is 1. The van der Waals surface area contributed by atoms with Crippen LogP contribution in [0.1, 0.15) is 5.56 Å². The summed E-state index contributed by atoms with van der Waals surface area (Å²) in [4.78, 5) is 25.0. The highest BCUT2D eigenvalue weighted by Gasteiger charge is 2.09. The molecule has 0 saturated carbocycles. The van der Waals surface area contributed by atoms with Crippen LogP contribution in [0.2, 0.25) is 0 Å². The van der Waals surface area contributed by atoms with Crippen LogP contribution in [0.5, 0.6) is 0 Å². The van der Waals surface area contributed by atoms with Gasteiger partial charge in [-0.1, -0.05) is 18.2 Å². The minimum absolute atomic E-state index is 0.119. The van der Waals surface area contributed by atoms with Crippen LogP contribution in [0, 0.1) is 6.92 Å². The number of aryl methyl sites for hydroxylation is 1. The summed E-state index contributed by atoms with van der Waals surface area (Å²) in [5, 5.41) is 8.99. The van der Waals surface area contributed by atoms with Gasteiger partial charge < -0.3 is 5.32 Å². The van der Waals surface area contributed by atoms with Crippen molar-refractivity contribution in [3.05, 3.63) is 69.8 Å². The lowest BCUT2D eigenvalue weighted by Crippen LogP contribution is -2.29. The van der Waals surface area contributed by atoms with Gasteiger partial charge in [0.05, 0.1) is 4.88 Å². The first-order valence-corrected chi connectivity index (χ1v) is 7.98. The molecule has 0 aliphatic carbocycles. The van der Waals surface area contributed by atoms with Gasteiger partial charge in [-0.25, -0.2) is 4.68 Å². The van der Waals surface area contributed by atoms with E-state index in [1.165, 1.54) is 22.1 Å². The van der Waals surface area contributed by atoms with Crippen molar-refractivity contribution >= 4 is 22.9 Å². The van der Waals surface area contributed by atoms with E-state index >= 15 is 0 Å². The molecule has 116 valence electrons. The highest BCUT2D eigenvalue weighted by Crippen LogP contribution is 2.21. The Hall–Kier alpha value is -2.73. The molecule has 0 saturated heterocycles. The maximum absolute atomic E-state index is 12.1. The molecule has 1 aromatic carbocycles. The molecule has 0 aliphatic heterocycles. The third kappa shape index (κ3) is 3.73. The van der Waals surface area contributed by atoms with Gasteiger partial charge in [0.1, 0.15) is 12.2 Å². The molecule has 0 atom stereocenters. The number of benzene rings is 1. The summed E-state index contributed by atoms with van der Waals surface area (Å²) in [6.45, 7) is 1.83. The van der Waals surface area contributed by atoms with Crippen molar-refractivity contribution in [3.8, 4) is 10.6 Å². The van der Waals surface area contributed by atoms with Crippen molar-refractivity contribution in [3.63, 3.8) is 0 Å². The van der Waals surface area contributed by atoms with Crippen LogP contribution in [0.4, 0.5) is 5.69 Å². The maximum Gasteiger partial charge on any atom is 0.267 e. The molecule has 0 fully saturated rings. The lowest BCUT2D eigenvalue weighted by atomic mass is 10.2. The van der Waals surface area contributed by atoms with E-state index in [-0.39, 0.29) is 18.0 Å². The molecule has 2 heterocycles. The summed E-state index contributed by atoms with van der Waals surface area (Å²) in [5.41, 5.74) is 2.14. The second-order valence-corrected chi connectivity index (χ2v) is 6.06. The Labute approximate surface area is 137 Å². The van der Waals surface area contributed by atoms with E-state index in [2.05, 4.69) is 10.4 Å². The minimum atomic E-state index is -0.301. The fraction of sp³-hybridized carbons (Fsp3) is 0.118. The Morgan fingerprint density at radius 1 is 1.22 bits per heavy atom. The van der Waals surface area contributed by atoms with Crippen molar-refractivity contribution < 1.29 is 4.79 Å². The normalized spacial score (nSPS) is 10.5. The van der Waals surface area contributed by atoms with Crippen molar-refractivity contribution in [1.29, 1.82) is 0 Å². The summed E-state index contributed by atoms with van der Waals surface area (Å²) < 4.78 is 1.18. The van der Waals surface area contributed by atoms with Crippen LogP contribution in [0.25, 0.3) is 10.6 Å². The second kappa shape index (κ2) is 6.58. The molecule has 0 spiro atoms. The van der Waals surface area contributed by atoms with E-state index < -0.39 is 0 Å². The Balaban J connectivity index is 1.78. The number of hydrogen-bond donors (Lipinski definition) is 1. The van der Waals surface area contributed by atoms with Crippen LogP contribution < -0.4 is 10.9 Å². The standard InChI is InChI=1S/C17H15N3O2S/c1-12-4-2-5-13(10-12)18-16(21)11-20-17(22)8-7-14(19-20)15-6-3-9-23-15/h2-10H,11H2,1H3,(H,18,21). The molecule has 0 bridgehead atoms. The summed E-state index contributed by atoms with van der Waals surface area (Å²) in [6, 6.07) is 14.4. The first-order chi connectivity index (χ1) is 11.1. The highest BCUT2D eigenvalue weighted by atomic mass is 32.1. The number of rotatable bonds is 4. The van der Waals surface area contributed by atoms with Crippen LogP contribution in [-0.2, 0) is 11.3 Å². The van der Waals surface area contributed by atoms with E-state index in [4.69, 9.17) is 0 Å². The lowest BCUT2D eigenvalue weighted by molar-refractivity contribution is -0.117. The van der Waals surface area contributed by atoms with Crippen LogP contribution in [0.3, 0.4) is 0 Å². The minimum Gasteiger partial charge on any atom is -0.324 e. The van der Waals surface area contributed by atoms with E-state index in [0.717, 1.165) is 10.4 Å². The van der Waals surface area contributed by atoms with Crippen molar-refractivity contribution in [1.82, 2.24) is 9.78 Å². The topological polar surface area (TPSA) is 64.0 Å². The quantitative estimate of drug-likeness (QED) is 0.802. The van der Waals surface area contributed by atoms with E-state index in [1.807, 2.05) is 48.7 Å². The molecule has 0 unspecified atom stereocenters. The number of carbonyl (C=O) groups excluding carboxylic acids is 1. The first-order valence-electron chi connectivity index (χ1n) is 7.10. The second-order valence-electron chi connectivity index (χ2n) is 5.11. The Morgan fingerprint density at radius 3 is 2.83 bits per heavy atom. The van der Waals surface area contributed by atoms with Gasteiger partial charge in [0.2, 0.25) is 5.91 Å². The summed E-state index contributed by atoms with van der Waals surface area (Å²) >= 11 is 1.54. The molecule has 1 N–H and O–H groups in total. The van der Waals surface area contributed by atoms with Gasteiger partial charge in [0.15, 0.2) is 0 Å². The third-order valence-corrected chi connectivity index (χ3v) is 4.13. The van der Waals surface area contributed by atoms with E-state index in [0.29, 0.717) is 11.4 Å². The number of nitrogens with one attached hydrogen (secondary N) is 1. The summed E-state index contributed by atoms with van der Waals surface area (Å²) in [6.07, 6.45) is 0. The highest BCUT2D eigenvalue weighted by molar-refractivity contribution is 7.13. The fourth-order valence-corrected chi connectivity index (χ4v) is 2.87. The summed E-state index contributed by atoms with van der Waals surface area (Å²) in [7, 11) is 0. The van der Waals surface area contributed by atoms with Gasteiger partial charge in [0.25, 0.3) is 5.56 Å². The molecule has 2 aromatic heterocycles. The fourth-order valence-electron chi connectivity index (χ4n) is 2.18. The predicted octanol–water partition coefficient (Wildman–Crippen LogP) is 2.92. The SMILES string of the molecule is Cc1cccc(NC(=O)Cn2nc(-c3cccs3)ccc2=O)c1. The molecule has 5 nitrogen and oxygen atoms in total. The predicted molar refractivity (Wildman–Crippen MR) is 91.6 cm³/mol. The lowest BCUT2D eigenvalue weighted by Gasteiger charge is -2.08. The molecule has 0 radical (unpaired) electrons. The molecular formula is C17H15N3O2S. The van der Waals surface area contributed by atoms with E-state index in [1.54, 1.807) is 6.07 Å². The summed E-state index contributed by atoms with van der Waals surface area (Å²) in [5.74, 6) is -0.284. The van der Waals surface area contributed by atoms with Gasteiger partial charge in [-0.3, -0.25) is 9.59 Å². The van der Waals surface area contributed by atoms with Gasteiger partial charge in [-0.05, 0) is 42.1 Å². The third-order valence-electron chi connectivity index (χ3n) is 3.24. The molecule has 0 aliphatic rings. The molecule has 23 heavy (non-hydrogen) atoms. The van der Waals surface area contributed by atoms with Crippen molar-refractivity contribution in [2.75, 3.05) is 5.32 Å². The molecular weight excluding hydrogens is 310 g/mol. The monoisotopic (exact) mass is 325 g/mol. The van der Waals surface area contributed by atoms with Crippen LogP contribution in [0.15, 0.2) is 58.7 Å². The maximum atomic E-state index is 12.1. The number of amides is 1. The van der Waals surface area contributed by atoms with Gasteiger partial charge in [-0.2, -0.15) is 5.10 Å². The largest absolute Gasteiger partial charge is 0.324 e. The molecule has 3 aromatic rings. The Bertz CT molecular complexity index is 885. The molecule has 6 heteroatoms. The van der Waals surface area contributed by atoms with E-state index in [9.17, 15) is 9.59 Å². The number of nitrogens with zero attached hydrogens (tertiary/aromatic N) is 2. The average Bonchev–Trinajstić information content (AvgIpc) is 3.04. The first kappa shape index (κ1) is 15.2. The zero-order chi connectivity index (χ0) is 16.2. The molecule has 3 rings (SSSR count). The zero-order valence-electron chi connectivity index (χ0n) is 12.5. The van der Waals surface area contributed by atoms with Crippen molar-refractivity contribution in [2.24, 2.45) is 0 Å².